The van der Waals surface area contributed by atoms with Gasteiger partial charge in [0.1, 0.15) is 15.8 Å². The fourth-order valence-corrected chi connectivity index (χ4v) is 4.23. The van der Waals surface area contributed by atoms with Gasteiger partial charge in [0.25, 0.3) is 11.5 Å². The number of benzene rings is 1. The van der Waals surface area contributed by atoms with E-state index in [-0.39, 0.29) is 11.5 Å². The first-order valence-electron chi connectivity index (χ1n) is 8.96. The van der Waals surface area contributed by atoms with E-state index in [2.05, 4.69) is 5.32 Å². The number of hydrogen-bond acceptors (Lipinski definition) is 6. The van der Waals surface area contributed by atoms with Crippen LogP contribution in [0.5, 0.6) is 0 Å². The molecule has 4 rings (SSSR count). The zero-order chi connectivity index (χ0) is 20.5. The van der Waals surface area contributed by atoms with Crippen molar-refractivity contribution in [3.63, 3.8) is 0 Å². The second-order valence-electron chi connectivity index (χ2n) is 6.73. The zero-order valence-corrected chi connectivity index (χ0v) is 17.5. The highest BCUT2D eigenvalue weighted by atomic mass is 32.2. The van der Waals surface area contributed by atoms with E-state index in [4.69, 9.17) is 17.2 Å². The van der Waals surface area contributed by atoms with Crippen LogP contribution in [-0.4, -0.2) is 26.7 Å². The van der Waals surface area contributed by atoms with Crippen LogP contribution in [0.2, 0.25) is 0 Å². The number of nitrogens with zero attached hydrogens (tertiary/aromatic N) is 3. The fourth-order valence-electron chi connectivity index (χ4n) is 3.20. The lowest BCUT2D eigenvalue weighted by molar-refractivity contribution is -0.115. The molecule has 1 aliphatic heterocycles. The summed E-state index contributed by atoms with van der Waals surface area (Å²) < 4.78 is 1.89. The minimum Gasteiger partial charge on any atom is -0.355 e. The lowest BCUT2D eigenvalue weighted by atomic mass is 10.2. The molecule has 146 valence electrons. The molecule has 6 nitrogen and oxygen atoms in total. The van der Waals surface area contributed by atoms with Crippen LogP contribution < -0.4 is 15.8 Å². The van der Waals surface area contributed by atoms with E-state index in [1.807, 2.05) is 61.3 Å². The van der Waals surface area contributed by atoms with Gasteiger partial charge in [-0.3, -0.25) is 14.0 Å². The number of carbonyl (C=O) groups excluding carboxylic acids is 1. The van der Waals surface area contributed by atoms with Crippen LogP contribution in [0, 0.1) is 6.92 Å². The molecule has 0 bridgehead atoms. The number of thioether (sulfide) groups is 1. The summed E-state index contributed by atoms with van der Waals surface area (Å²) in [6.45, 7) is 2.49. The maximum absolute atomic E-state index is 13.3. The van der Waals surface area contributed by atoms with E-state index in [1.54, 1.807) is 12.3 Å². The third-order valence-electron chi connectivity index (χ3n) is 4.61. The third-order valence-corrected chi connectivity index (χ3v) is 5.77. The molecule has 2 aromatic heterocycles. The molecule has 29 heavy (non-hydrogen) atoms. The van der Waals surface area contributed by atoms with E-state index in [9.17, 15) is 9.59 Å². The van der Waals surface area contributed by atoms with Gasteiger partial charge in [0.2, 0.25) is 0 Å². The molecule has 1 saturated heterocycles. The first-order chi connectivity index (χ1) is 13.9. The summed E-state index contributed by atoms with van der Waals surface area (Å²) in [5.74, 6) is 0.220. The van der Waals surface area contributed by atoms with Gasteiger partial charge in [-0.25, -0.2) is 4.98 Å². The molecule has 0 spiro atoms. The molecular weight excluding hydrogens is 404 g/mol. The average molecular weight is 423 g/mol. The molecule has 3 aromatic rings. The van der Waals surface area contributed by atoms with Crippen LogP contribution in [-0.2, 0) is 11.3 Å². The molecule has 0 unspecified atom stereocenters. The molecule has 1 aromatic carbocycles. The summed E-state index contributed by atoms with van der Waals surface area (Å²) in [6, 6.07) is 13.7. The Morgan fingerprint density at radius 3 is 2.66 bits per heavy atom. The smallest absolute Gasteiger partial charge is 0.267 e. The molecule has 3 heterocycles. The Balaban J connectivity index is 1.90. The van der Waals surface area contributed by atoms with E-state index < -0.39 is 0 Å². The van der Waals surface area contributed by atoms with Gasteiger partial charge in [-0.1, -0.05) is 60.4 Å². The summed E-state index contributed by atoms with van der Waals surface area (Å²) in [5.41, 5.74) is 2.71. The zero-order valence-electron chi connectivity index (χ0n) is 15.9. The normalized spacial score (nSPS) is 15.2. The van der Waals surface area contributed by atoms with Crippen LogP contribution in [0.25, 0.3) is 11.7 Å². The lowest BCUT2D eigenvalue weighted by Crippen LogP contribution is -2.26. The Hall–Kier alpha value is -2.97. The standard InChI is InChI=1S/C21H18N4O2S2/c1-13-7-6-10-25-17(13)22-18(24(2)12-14-8-4-3-5-9-14)15(20(25)27)11-16-19(26)23-21(28)29-16/h3-11H,12H2,1-2H3,(H,23,26,28). The highest BCUT2D eigenvalue weighted by molar-refractivity contribution is 8.26. The van der Waals surface area contributed by atoms with E-state index in [0.29, 0.717) is 32.8 Å². The quantitative estimate of drug-likeness (QED) is 0.515. The van der Waals surface area contributed by atoms with Gasteiger partial charge >= 0.3 is 0 Å². The first-order valence-corrected chi connectivity index (χ1v) is 10.2. The number of anilines is 1. The number of thiocarbonyl (C=S) groups is 1. The minimum absolute atomic E-state index is 0.229. The number of aromatic nitrogens is 2. The van der Waals surface area contributed by atoms with Crippen molar-refractivity contribution in [2.75, 3.05) is 11.9 Å². The number of pyridine rings is 1. The highest BCUT2D eigenvalue weighted by Crippen LogP contribution is 2.28. The third kappa shape index (κ3) is 3.81. The summed E-state index contributed by atoms with van der Waals surface area (Å²) in [5, 5.41) is 2.59. The number of fused-ring (bicyclic) bond motifs is 1. The summed E-state index contributed by atoms with van der Waals surface area (Å²) in [6.07, 6.45) is 3.27. The molecule has 0 radical (unpaired) electrons. The molecule has 0 saturated carbocycles. The van der Waals surface area contributed by atoms with Gasteiger partial charge < -0.3 is 10.2 Å². The Morgan fingerprint density at radius 1 is 1.21 bits per heavy atom. The molecule has 1 N–H and O–H groups in total. The number of amides is 1. The van der Waals surface area contributed by atoms with Crippen molar-refractivity contribution >= 4 is 51.7 Å². The van der Waals surface area contributed by atoms with Crippen molar-refractivity contribution in [2.45, 2.75) is 13.5 Å². The predicted molar refractivity (Wildman–Crippen MR) is 121 cm³/mol. The van der Waals surface area contributed by atoms with Crippen LogP contribution in [0.15, 0.2) is 58.4 Å². The first kappa shape index (κ1) is 19.4. The Kier molecular flexibility index (Phi) is 5.21. The largest absolute Gasteiger partial charge is 0.355 e. The maximum atomic E-state index is 13.3. The summed E-state index contributed by atoms with van der Waals surface area (Å²) >= 11 is 6.22. The number of aryl methyl sites for hydroxylation is 1. The lowest BCUT2D eigenvalue weighted by Gasteiger charge is -2.21. The summed E-state index contributed by atoms with van der Waals surface area (Å²) in [7, 11) is 1.89. The Morgan fingerprint density at radius 2 is 1.97 bits per heavy atom. The van der Waals surface area contributed by atoms with Crippen molar-refractivity contribution < 1.29 is 4.79 Å². The Bertz CT molecular complexity index is 1220. The van der Waals surface area contributed by atoms with Crippen LogP contribution in [0.3, 0.4) is 0 Å². The van der Waals surface area contributed by atoms with Crippen LogP contribution in [0.4, 0.5) is 5.82 Å². The van der Waals surface area contributed by atoms with Gasteiger partial charge in [-0.05, 0) is 30.2 Å². The van der Waals surface area contributed by atoms with Gasteiger partial charge in [0, 0.05) is 19.8 Å². The van der Waals surface area contributed by atoms with Gasteiger partial charge in [0.05, 0.1) is 10.5 Å². The number of carbonyl (C=O) groups is 1. The Labute approximate surface area is 177 Å². The minimum atomic E-state index is -0.301. The van der Waals surface area contributed by atoms with Gasteiger partial charge in [-0.15, -0.1) is 0 Å². The molecule has 8 heteroatoms. The fraction of sp³-hybridized carbons (Fsp3) is 0.143. The molecule has 0 atom stereocenters. The maximum Gasteiger partial charge on any atom is 0.267 e. The second kappa shape index (κ2) is 7.81. The number of hydrogen-bond donors (Lipinski definition) is 1. The van der Waals surface area contributed by atoms with Crippen LogP contribution in [0.1, 0.15) is 16.7 Å². The SMILES string of the molecule is Cc1cccn2c(=O)c(C=C3SC(=S)NC3=O)c(N(C)Cc3ccccc3)nc12. The molecular formula is C21H18N4O2S2. The topological polar surface area (TPSA) is 66.7 Å². The van der Waals surface area contributed by atoms with E-state index >= 15 is 0 Å². The molecule has 0 aliphatic carbocycles. The van der Waals surface area contributed by atoms with Gasteiger partial charge in [-0.2, -0.15) is 0 Å². The number of rotatable bonds is 4. The van der Waals surface area contributed by atoms with E-state index in [0.717, 1.165) is 22.9 Å². The number of nitrogens with one attached hydrogen (secondary N) is 1. The van der Waals surface area contributed by atoms with Crippen molar-refractivity contribution in [2.24, 2.45) is 0 Å². The molecule has 1 aliphatic rings. The summed E-state index contributed by atoms with van der Waals surface area (Å²) in [4.78, 5) is 32.6. The van der Waals surface area contributed by atoms with Gasteiger partial charge in [0.15, 0.2) is 0 Å². The highest BCUT2D eigenvalue weighted by Gasteiger charge is 2.24. The van der Waals surface area contributed by atoms with Crippen molar-refractivity contribution in [1.29, 1.82) is 0 Å². The molecule has 1 amide bonds. The van der Waals surface area contributed by atoms with Crippen molar-refractivity contribution in [3.05, 3.63) is 80.6 Å². The predicted octanol–water partition coefficient (Wildman–Crippen LogP) is 3.13. The van der Waals surface area contributed by atoms with Crippen LogP contribution >= 0.6 is 24.0 Å². The monoisotopic (exact) mass is 422 g/mol. The second-order valence-corrected chi connectivity index (χ2v) is 8.45. The average Bonchev–Trinajstić information content (AvgIpc) is 3.02. The molecule has 1 fully saturated rings. The van der Waals surface area contributed by atoms with E-state index in [1.165, 1.54) is 4.40 Å². The van der Waals surface area contributed by atoms with Crippen molar-refractivity contribution in [3.8, 4) is 0 Å². The van der Waals surface area contributed by atoms with Crippen molar-refractivity contribution in [1.82, 2.24) is 14.7 Å².